The summed E-state index contributed by atoms with van der Waals surface area (Å²) in [6, 6.07) is 13.7. The molecule has 1 unspecified atom stereocenters. The fourth-order valence-electron chi connectivity index (χ4n) is 2.55. The maximum atomic E-state index is 12.1. The summed E-state index contributed by atoms with van der Waals surface area (Å²) in [4.78, 5) is 16.6. The molecule has 0 amide bonds. The van der Waals surface area contributed by atoms with Gasteiger partial charge in [0.1, 0.15) is 4.75 Å². The molecule has 118 valence electrons. The van der Waals surface area contributed by atoms with Crippen molar-refractivity contribution >= 4 is 39.3 Å². The molecule has 3 rings (SSSR count). The predicted octanol–water partition coefficient (Wildman–Crippen LogP) is 5.01. The lowest BCUT2D eigenvalue weighted by Crippen LogP contribution is -2.29. The molecule has 5 heteroatoms. The quantitative estimate of drug-likeness (QED) is 0.677. The summed E-state index contributed by atoms with van der Waals surface area (Å²) in [6.07, 6.45) is 0. The van der Waals surface area contributed by atoms with E-state index in [4.69, 9.17) is 0 Å². The molecule has 1 atom stereocenters. The van der Waals surface area contributed by atoms with Crippen molar-refractivity contribution in [1.82, 2.24) is 4.98 Å². The molecule has 23 heavy (non-hydrogen) atoms. The van der Waals surface area contributed by atoms with E-state index in [0.29, 0.717) is 0 Å². The lowest BCUT2D eigenvalue weighted by Gasteiger charge is -2.26. The Morgan fingerprint density at radius 2 is 1.91 bits per heavy atom. The van der Waals surface area contributed by atoms with Crippen molar-refractivity contribution in [2.24, 2.45) is 0 Å². The number of benzene rings is 2. The van der Waals surface area contributed by atoms with Gasteiger partial charge in [-0.2, -0.15) is 0 Å². The minimum atomic E-state index is -1.07. The molecule has 2 aromatic carbocycles. The Kier molecular flexibility index (Phi) is 4.17. The number of para-hydroxylation sites is 1. The summed E-state index contributed by atoms with van der Waals surface area (Å²) in [5, 5.41) is 9.89. The molecular formula is C18H17NO2S2. The van der Waals surface area contributed by atoms with E-state index >= 15 is 0 Å². The van der Waals surface area contributed by atoms with Gasteiger partial charge in [-0.05, 0) is 49.6 Å². The number of thioether (sulfide) groups is 1. The van der Waals surface area contributed by atoms with Crippen molar-refractivity contribution in [3.05, 3.63) is 59.2 Å². The Hall–Kier alpha value is -1.85. The number of rotatable bonds is 4. The van der Waals surface area contributed by atoms with E-state index in [9.17, 15) is 9.90 Å². The van der Waals surface area contributed by atoms with E-state index in [0.717, 1.165) is 31.2 Å². The smallest absolute Gasteiger partial charge is 0.324 e. The van der Waals surface area contributed by atoms with E-state index in [1.165, 1.54) is 23.1 Å². The number of fused-ring (bicyclic) bond motifs is 1. The molecule has 0 aliphatic rings. The van der Waals surface area contributed by atoms with E-state index in [2.05, 4.69) is 4.98 Å². The molecule has 0 aliphatic carbocycles. The Morgan fingerprint density at radius 3 is 2.61 bits per heavy atom. The molecule has 0 aliphatic heterocycles. The number of carboxylic acid groups (broad SMARTS) is 1. The van der Waals surface area contributed by atoms with Gasteiger partial charge in [0.05, 0.1) is 10.2 Å². The number of carbonyl (C=O) groups is 1. The van der Waals surface area contributed by atoms with Gasteiger partial charge >= 0.3 is 5.97 Å². The molecule has 0 bridgehead atoms. The second kappa shape index (κ2) is 5.98. The molecule has 1 heterocycles. The maximum absolute atomic E-state index is 12.1. The Balaban J connectivity index is 2.07. The Bertz CT molecular complexity index is 855. The summed E-state index contributed by atoms with van der Waals surface area (Å²) >= 11 is 2.84. The second-order valence-corrected chi connectivity index (χ2v) is 8.33. The van der Waals surface area contributed by atoms with Gasteiger partial charge < -0.3 is 5.11 Å². The molecule has 0 spiro atoms. The second-order valence-electron chi connectivity index (χ2n) is 5.64. The molecule has 0 radical (unpaired) electrons. The maximum Gasteiger partial charge on any atom is 0.324 e. The average Bonchev–Trinajstić information content (AvgIpc) is 2.91. The summed E-state index contributed by atoms with van der Waals surface area (Å²) in [5.41, 5.74) is 3.86. The number of aliphatic carboxylic acids is 1. The van der Waals surface area contributed by atoms with Gasteiger partial charge in [0.2, 0.25) is 0 Å². The van der Waals surface area contributed by atoms with Crippen LogP contribution in [0.1, 0.15) is 23.6 Å². The van der Waals surface area contributed by atoms with Crippen LogP contribution in [0.4, 0.5) is 0 Å². The van der Waals surface area contributed by atoms with Crippen LogP contribution in [0.15, 0.2) is 46.8 Å². The number of thiazole rings is 1. The van der Waals surface area contributed by atoms with Crippen molar-refractivity contribution in [2.45, 2.75) is 29.9 Å². The van der Waals surface area contributed by atoms with Crippen LogP contribution in [0.3, 0.4) is 0 Å². The van der Waals surface area contributed by atoms with E-state index < -0.39 is 10.7 Å². The van der Waals surface area contributed by atoms with E-state index in [1.807, 2.05) is 56.3 Å². The summed E-state index contributed by atoms with van der Waals surface area (Å²) in [6.45, 7) is 5.74. The zero-order valence-electron chi connectivity index (χ0n) is 13.2. The molecule has 0 fully saturated rings. The van der Waals surface area contributed by atoms with Crippen molar-refractivity contribution in [3.63, 3.8) is 0 Å². The highest BCUT2D eigenvalue weighted by molar-refractivity contribution is 8.02. The van der Waals surface area contributed by atoms with Crippen LogP contribution in [0.25, 0.3) is 10.2 Å². The van der Waals surface area contributed by atoms with Crippen LogP contribution in [0.5, 0.6) is 0 Å². The molecular weight excluding hydrogens is 326 g/mol. The van der Waals surface area contributed by atoms with Gasteiger partial charge in [0, 0.05) is 0 Å². The van der Waals surface area contributed by atoms with Gasteiger partial charge in [-0.3, -0.25) is 4.79 Å². The first-order valence-electron chi connectivity index (χ1n) is 7.26. The highest BCUT2D eigenvalue weighted by Crippen LogP contribution is 2.45. The zero-order chi connectivity index (χ0) is 16.6. The average molecular weight is 343 g/mol. The third-order valence-corrected chi connectivity index (χ3v) is 6.49. The first kappa shape index (κ1) is 16.0. The number of hydrogen-bond acceptors (Lipinski definition) is 4. The van der Waals surface area contributed by atoms with Gasteiger partial charge in [0.25, 0.3) is 0 Å². The first-order valence-corrected chi connectivity index (χ1v) is 8.90. The summed E-state index contributed by atoms with van der Waals surface area (Å²) in [7, 11) is 0. The Morgan fingerprint density at radius 1 is 1.17 bits per heavy atom. The highest BCUT2D eigenvalue weighted by atomic mass is 32.2. The highest BCUT2D eigenvalue weighted by Gasteiger charge is 2.39. The molecule has 1 aromatic heterocycles. The van der Waals surface area contributed by atoms with Crippen molar-refractivity contribution in [3.8, 4) is 0 Å². The fraction of sp³-hybridized carbons (Fsp3) is 0.222. The van der Waals surface area contributed by atoms with Gasteiger partial charge in [-0.25, -0.2) is 4.98 Å². The molecule has 0 saturated heterocycles. The number of hydrogen-bond donors (Lipinski definition) is 1. The molecule has 1 N–H and O–H groups in total. The molecule has 3 aromatic rings. The van der Waals surface area contributed by atoms with Crippen molar-refractivity contribution in [2.75, 3.05) is 0 Å². The van der Waals surface area contributed by atoms with Crippen LogP contribution in [0, 0.1) is 13.8 Å². The number of aryl methyl sites for hydroxylation is 1. The van der Waals surface area contributed by atoms with Crippen LogP contribution in [-0.2, 0) is 9.54 Å². The van der Waals surface area contributed by atoms with Gasteiger partial charge in [0.15, 0.2) is 4.34 Å². The third-order valence-electron chi connectivity index (χ3n) is 4.09. The number of carboxylic acids is 1. The topological polar surface area (TPSA) is 50.2 Å². The van der Waals surface area contributed by atoms with Gasteiger partial charge in [-0.1, -0.05) is 42.1 Å². The van der Waals surface area contributed by atoms with Crippen molar-refractivity contribution < 1.29 is 9.90 Å². The summed E-state index contributed by atoms with van der Waals surface area (Å²) < 4.78 is 0.782. The molecule has 0 saturated carbocycles. The van der Waals surface area contributed by atoms with Crippen LogP contribution >= 0.6 is 23.1 Å². The Labute approximate surface area is 143 Å². The molecule has 3 nitrogen and oxygen atoms in total. The largest absolute Gasteiger partial charge is 0.480 e. The lowest BCUT2D eigenvalue weighted by atomic mass is 9.93. The normalized spacial score (nSPS) is 13.9. The van der Waals surface area contributed by atoms with Crippen LogP contribution < -0.4 is 0 Å². The van der Waals surface area contributed by atoms with Crippen LogP contribution in [0.2, 0.25) is 0 Å². The van der Waals surface area contributed by atoms with Crippen molar-refractivity contribution in [1.29, 1.82) is 0 Å². The minimum Gasteiger partial charge on any atom is -0.480 e. The van der Waals surface area contributed by atoms with E-state index in [-0.39, 0.29) is 0 Å². The monoisotopic (exact) mass is 343 g/mol. The van der Waals surface area contributed by atoms with E-state index in [1.54, 1.807) is 6.92 Å². The number of aromatic nitrogens is 1. The third kappa shape index (κ3) is 2.86. The fourth-order valence-corrected chi connectivity index (χ4v) is 5.10. The standard InChI is InChI=1S/C18H17NO2S2/c1-11-7-6-8-13(12(11)2)18(3,16(20)21)23-17-19-14-9-4-5-10-15(14)22-17/h4-10H,1-3H3,(H,20,21). The zero-order valence-corrected chi connectivity index (χ0v) is 14.8. The lowest BCUT2D eigenvalue weighted by molar-refractivity contribution is -0.139. The van der Waals surface area contributed by atoms with Gasteiger partial charge in [-0.15, -0.1) is 11.3 Å². The summed E-state index contributed by atoms with van der Waals surface area (Å²) in [5.74, 6) is -0.851. The SMILES string of the molecule is Cc1cccc(C(C)(Sc2nc3ccccc3s2)C(=O)O)c1C. The van der Waals surface area contributed by atoms with Crippen LogP contribution in [-0.4, -0.2) is 16.1 Å². The number of nitrogens with zero attached hydrogens (tertiary/aromatic N) is 1. The predicted molar refractivity (Wildman–Crippen MR) is 96.4 cm³/mol. The first-order chi connectivity index (χ1) is 10.9. The minimum absolute atomic E-state index is 0.775.